The van der Waals surface area contributed by atoms with Crippen molar-refractivity contribution in [2.24, 2.45) is 5.92 Å². The number of rotatable bonds is 3. The maximum Gasteiger partial charge on any atom is 0.120 e. The molecule has 2 heterocycles. The minimum absolute atomic E-state index is 0.342. The Balaban J connectivity index is 2.04. The molecule has 3 heteroatoms. The first-order valence-corrected chi connectivity index (χ1v) is 5.20. The molecule has 0 aromatic carbocycles. The van der Waals surface area contributed by atoms with Crippen molar-refractivity contribution in [1.29, 1.82) is 0 Å². The Labute approximate surface area is 84.4 Å². The molecule has 0 radical (unpaired) electrons. The summed E-state index contributed by atoms with van der Waals surface area (Å²) in [5, 5.41) is 3.32. The molecule has 3 nitrogen and oxygen atoms in total. The first-order valence-electron chi connectivity index (χ1n) is 5.20. The molecule has 1 fully saturated rings. The summed E-state index contributed by atoms with van der Waals surface area (Å²) in [5.74, 6) is 1.68. The minimum Gasteiger partial charge on any atom is -0.468 e. The minimum atomic E-state index is 0.342. The van der Waals surface area contributed by atoms with Gasteiger partial charge in [-0.15, -0.1) is 0 Å². The lowest BCUT2D eigenvalue weighted by atomic mass is 9.90. The van der Waals surface area contributed by atoms with Crippen molar-refractivity contribution in [3.05, 3.63) is 24.2 Å². The number of hydrogen-bond acceptors (Lipinski definition) is 3. The molecule has 78 valence electrons. The molecule has 0 saturated carbocycles. The predicted molar refractivity (Wildman–Crippen MR) is 54.1 cm³/mol. The lowest BCUT2D eigenvalue weighted by molar-refractivity contribution is 0.0518. The van der Waals surface area contributed by atoms with Crippen molar-refractivity contribution in [3.63, 3.8) is 0 Å². The van der Waals surface area contributed by atoms with Crippen LogP contribution in [0.25, 0.3) is 0 Å². The fraction of sp³-hybridized carbons (Fsp3) is 0.636. The van der Waals surface area contributed by atoms with E-state index in [1.165, 1.54) is 0 Å². The van der Waals surface area contributed by atoms with Gasteiger partial charge in [0.2, 0.25) is 0 Å². The average Bonchev–Trinajstić information content (AvgIpc) is 2.74. The molecule has 0 bridgehead atoms. The van der Waals surface area contributed by atoms with Gasteiger partial charge in [-0.1, -0.05) is 0 Å². The normalized spacial score (nSPS) is 20.9. The Morgan fingerprint density at radius 3 is 2.79 bits per heavy atom. The van der Waals surface area contributed by atoms with E-state index in [-0.39, 0.29) is 0 Å². The lowest BCUT2D eigenvalue weighted by Crippen LogP contribution is -2.29. The van der Waals surface area contributed by atoms with Crippen LogP contribution in [-0.2, 0) is 4.74 Å². The van der Waals surface area contributed by atoms with Gasteiger partial charge in [-0.25, -0.2) is 0 Å². The third-order valence-electron chi connectivity index (χ3n) is 2.90. The molecule has 1 unspecified atom stereocenters. The molecule has 1 aromatic rings. The van der Waals surface area contributed by atoms with Crippen LogP contribution in [0.4, 0.5) is 0 Å². The molecule has 2 rings (SSSR count). The zero-order valence-electron chi connectivity index (χ0n) is 8.53. The smallest absolute Gasteiger partial charge is 0.120 e. The first-order chi connectivity index (χ1) is 6.92. The van der Waals surface area contributed by atoms with Crippen LogP contribution in [0.1, 0.15) is 24.6 Å². The Bertz CT molecular complexity index is 252. The summed E-state index contributed by atoms with van der Waals surface area (Å²) in [6.07, 6.45) is 3.97. The van der Waals surface area contributed by atoms with Gasteiger partial charge in [0.15, 0.2) is 0 Å². The van der Waals surface area contributed by atoms with E-state index >= 15 is 0 Å². The van der Waals surface area contributed by atoms with Crippen LogP contribution < -0.4 is 5.32 Å². The van der Waals surface area contributed by atoms with Crippen LogP contribution in [0.3, 0.4) is 0 Å². The van der Waals surface area contributed by atoms with E-state index in [0.717, 1.165) is 31.8 Å². The van der Waals surface area contributed by atoms with Gasteiger partial charge in [0.1, 0.15) is 5.76 Å². The van der Waals surface area contributed by atoms with E-state index in [1.54, 1.807) is 6.26 Å². The van der Waals surface area contributed by atoms with E-state index in [4.69, 9.17) is 9.15 Å². The monoisotopic (exact) mass is 195 g/mol. The Morgan fingerprint density at radius 1 is 1.43 bits per heavy atom. The second-order valence-electron chi connectivity index (χ2n) is 3.73. The molecule has 0 amide bonds. The zero-order valence-corrected chi connectivity index (χ0v) is 8.53. The molecule has 1 saturated heterocycles. The van der Waals surface area contributed by atoms with E-state index in [1.807, 2.05) is 19.2 Å². The average molecular weight is 195 g/mol. The summed E-state index contributed by atoms with van der Waals surface area (Å²) < 4.78 is 10.8. The number of furan rings is 1. The highest BCUT2D eigenvalue weighted by Crippen LogP contribution is 2.29. The van der Waals surface area contributed by atoms with Gasteiger partial charge < -0.3 is 14.5 Å². The molecule has 1 atom stereocenters. The summed E-state index contributed by atoms with van der Waals surface area (Å²) in [6, 6.07) is 4.32. The SMILES string of the molecule is CNC(c1ccco1)C1CCOCC1. The molecule has 1 N–H and O–H groups in total. The van der Waals surface area contributed by atoms with Crippen molar-refractivity contribution in [3.8, 4) is 0 Å². The highest BCUT2D eigenvalue weighted by molar-refractivity contribution is 5.06. The standard InChI is InChI=1S/C11H17NO2/c1-12-11(10-3-2-6-14-10)9-4-7-13-8-5-9/h2-3,6,9,11-12H,4-5,7-8H2,1H3. The highest BCUT2D eigenvalue weighted by atomic mass is 16.5. The van der Waals surface area contributed by atoms with Crippen LogP contribution in [0, 0.1) is 5.92 Å². The van der Waals surface area contributed by atoms with Gasteiger partial charge in [0.05, 0.1) is 12.3 Å². The van der Waals surface area contributed by atoms with Crippen LogP contribution in [0.15, 0.2) is 22.8 Å². The third kappa shape index (κ3) is 1.99. The molecular weight excluding hydrogens is 178 g/mol. The molecule has 1 aromatic heterocycles. The Morgan fingerprint density at radius 2 is 2.21 bits per heavy atom. The van der Waals surface area contributed by atoms with Gasteiger partial charge in [0.25, 0.3) is 0 Å². The second-order valence-corrected chi connectivity index (χ2v) is 3.73. The second kappa shape index (κ2) is 4.62. The summed E-state index contributed by atoms with van der Waals surface area (Å²) in [7, 11) is 1.99. The summed E-state index contributed by atoms with van der Waals surface area (Å²) in [6.45, 7) is 1.76. The maximum atomic E-state index is 5.44. The molecule has 0 aliphatic carbocycles. The van der Waals surface area contributed by atoms with Gasteiger partial charge in [-0.2, -0.15) is 0 Å². The summed E-state index contributed by atoms with van der Waals surface area (Å²) in [5.41, 5.74) is 0. The Hall–Kier alpha value is -0.800. The lowest BCUT2D eigenvalue weighted by Gasteiger charge is -2.28. The van der Waals surface area contributed by atoms with E-state index in [9.17, 15) is 0 Å². The molecule has 1 aliphatic heterocycles. The van der Waals surface area contributed by atoms with Crippen molar-refractivity contribution in [2.45, 2.75) is 18.9 Å². The van der Waals surface area contributed by atoms with Crippen LogP contribution in [0.5, 0.6) is 0 Å². The molecular formula is C11H17NO2. The quantitative estimate of drug-likeness (QED) is 0.800. The van der Waals surface area contributed by atoms with E-state index < -0.39 is 0 Å². The highest BCUT2D eigenvalue weighted by Gasteiger charge is 2.25. The number of hydrogen-bond donors (Lipinski definition) is 1. The molecule has 1 aliphatic rings. The molecule has 0 spiro atoms. The van der Waals surface area contributed by atoms with Crippen LogP contribution in [-0.4, -0.2) is 20.3 Å². The van der Waals surface area contributed by atoms with E-state index in [0.29, 0.717) is 12.0 Å². The maximum absolute atomic E-state index is 5.44. The third-order valence-corrected chi connectivity index (χ3v) is 2.90. The van der Waals surface area contributed by atoms with Gasteiger partial charge >= 0.3 is 0 Å². The van der Waals surface area contributed by atoms with Crippen molar-refractivity contribution < 1.29 is 9.15 Å². The van der Waals surface area contributed by atoms with Gasteiger partial charge in [-0.3, -0.25) is 0 Å². The fourth-order valence-corrected chi connectivity index (χ4v) is 2.13. The van der Waals surface area contributed by atoms with E-state index in [2.05, 4.69) is 5.32 Å². The van der Waals surface area contributed by atoms with Crippen molar-refractivity contribution in [1.82, 2.24) is 5.32 Å². The fourth-order valence-electron chi connectivity index (χ4n) is 2.13. The topological polar surface area (TPSA) is 34.4 Å². The Kier molecular flexibility index (Phi) is 3.22. The van der Waals surface area contributed by atoms with Crippen molar-refractivity contribution in [2.75, 3.05) is 20.3 Å². The van der Waals surface area contributed by atoms with Crippen LogP contribution >= 0.6 is 0 Å². The van der Waals surface area contributed by atoms with Crippen molar-refractivity contribution >= 4 is 0 Å². The van der Waals surface area contributed by atoms with Gasteiger partial charge in [-0.05, 0) is 37.9 Å². The zero-order chi connectivity index (χ0) is 9.80. The first kappa shape index (κ1) is 9.74. The largest absolute Gasteiger partial charge is 0.468 e. The number of ether oxygens (including phenoxy) is 1. The van der Waals surface area contributed by atoms with Gasteiger partial charge in [0, 0.05) is 13.2 Å². The summed E-state index contributed by atoms with van der Waals surface area (Å²) >= 11 is 0. The van der Waals surface area contributed by atoms with Crippen LogP contribution in [0.2, 0.25) is 0 Å². The predicted octanol–water partition coefficient (Wildman–Crippen LogP) is 1.97. The molecule has 14 heavy (non-hydrogen) atoms. The summed E-state index contributed by atoms with van der Waals surface area (Å²) in [4.78, 5) is 0. The number of nitrogens with one attached hydrogen (secondary N) is 1.